The fraction of sp³-hybridized carbons (Fsp3) is 1.00. The molecule has 0 aromatic rings. The van der Waals surface area contributed by atoms with E-state index < -0.39 is 0 Å². The molecule has 3 heteroatoms. The Balaban J connectivity index is 1.87. The van der Waals surface area contributed by atoms with E-state index in [0.29, 0.717) is 23.7 Å². The molecule has 2 aliphatic heterocycles. The molecule has 2 aliphatic carbocycles. The third kappa shape index (κ3) is 0.466. The van der Waals surface area contributed by atoms with Crippen LogP contribution in [0.4, 0.5) is 0 Å². The summed E-state index contributed by atoms with van der Waals surface area (Å²) in [6, 6.07) is 0. The maximum atomic E-state index is 9.85. The van der Waals surface area contributed by atoms with Crippen molar-refractivity contribution in [2.75, 3.05) is 6.61 Å². The second-order valence-corrected chi connectivity index (χ2v) is 4.60. The van der Waals surface area contributed by atoms with Crippen LogP contribution in [-0.4, -0.2) is 30.2 Å². The molecule has 4 rings (SSSR count). The van der Waals surface area contributed by atoms with Crippen molar-refractivity contribution in [1.29, 1.82) is 0 Å². The SMILES string of the molecule is O[C@@H]1[C@H]2C[C@H]3[C@@H]1O[C@H]1OC[C@@H]2[C@H]13. The summed E-state index contributed by atoms with van der Waals surface area (Å²) in [6.45, 7) is 0.820. The highest BCUT2D eigenvalue weighted by Crippen LogP contribution is 2.62. The van der Waals surface area contributed by atoms with Crippen LogP contribution in [-0.2, 0) is 9.47 Å². The molecule has 3 nitrogen and oxygen atoms in total. The summed E-state index contributed by atoms with van der Waals surface area (Å²) in [6.07, 6.45) is 1.14. The van der Waals surface area contributed by atoms with E-state index in [1.807, 2.05) is 0 Å². The van der Waals surface area contributed by atoms with Crippen LogP contribution in [0, 0.1) is 23.7 Å². The lowest BCUT2D eigenvalue weighted by atomic mass is 9.80. The quantitative estimate of drug-likeness (QED) is 0.552. The van der Waals surface area contributed by atoms with Gasteiger partial charge in [-0.05, 0) is 24.2 Å². The standard InChI is InChI=1S/C9H12O3/c10-7-3-1-4-6-5(3)2-11-9(6)12-8(4)7/h3-10H,1-2H2/t3-,4+,5-,6+,7+,8-,9+/m0/s1. The molecule has 0 spiro atoms. The third-order valence-corrected chi connectivity index (χ3v) is 4.34. The van der Waals surface area contributed by atoms with Crippen molar-refractivity contribution >= 4 is 0 Å². The van der Waals surface area contributed by atoms with Gasteiger partial charge in [0.05, 0.1) is 18.8 Å². The van der Waals surface area contributed by atoms with Crippen LogP contribution in [0.5, 0.6) is 0 Å². The minimum Gasteiger partial charge on any atom is -0.390 e. The second-order valence-electron chi connectivity index (χ2n) is 4.60. The Hall–Kier alpha value is -0.120. The van der Waals surface area contributed by atoms with Crippen LogP contribution < -0.4 is 0 Å². The Bertz CT molecular complexity index is 240. The van der Waals surface area contributed by atoms with Crippen molar-refractivity contribution in [3.8, 4) is 0 Å². The molecule has 0 amide bonds. The lowest BCUT2D eigenvalue weighted by Gasteiger charge is -2.27. The van der Waals surface area contributed by atoms with Crippen molar-refractivity contribution < 1.29 is 14.6 Å². The Morgan fingerprint density at radius 1 is 1.17 bits per heavy atom. The van der Waals surface area contributed by atoms with Gasteiger partial charge in [0, 0.05) is 5.92 Å². The first-order valence-electron chi connectivity index (χ1n) is 4.81. The normalized spacial score (nSPS) is 71.2. The summed E-state index contributed by atoms with van der Waals surface area (Å²) in [5.74, 6) is 2.33. The molecule has 2 bridgehead atoms. The maximum absolute atomic E-state index is 9.85. The highest BCUT2D eigenvalue weighted by Gasteiger charge is 2.68. The largest absolute Gasteiger partial charge is 0.390 e. The van der Waals surface area contributed by atoms with Gasteiger partial charge in [-0.2, -0.15) is 0 Å². The zero-order chi connectivity index (χ0) is 7.87. The van der Waals surface area contributed by atoms with E-state index in [0.717, 1.165) is 6.61 Å². The van der Waals surface area contributed by atoms with Crippen LogP contribution in [0.15, 0.2) is 0 Å². The monoisotopic (exact) mass is 168 g/mol. The van der Waals surface area contributed by atoms with Crippen molar-refractivity contribution in [1.82, 2.24) is 0 Å². The molecule has 4 aliphatic rings. The topological polar surface area (TPSA) is 38.7 Å². The molecule has 0 unspecified atom stereocenters. The van der Waals surface area contributed by atoms with E-state index in [4.69, 9.17) is 9.47 Å². The predicted octanol–water partition coefficient (Wildman–Crippen LogP) is -0.0155. The Labute approximate surface area is 70.7 Å². The van der Waals surface area contributed by atoms with Gasteiger partial charge in [-0.1, -0.05) is 0 Å². The van der Waals surface area contributed by atoms with E-state index in [2.05, 4.69) is 0 Å². The summed E-state index contributed by atoms with van der Waals surface area (Å²) < 4.78 is 11.2. The lowest BCUT2D eigenvalue weighted by Crippen LogP contribution is -2.37. The molecule has 0 radical (unpaired) electrons. The predicted molar refractivity (Wildman–Crippen MR) is 39.2 cm³/mol. The number of aliphatic hydroxyl groups is 1. The van der Waals surface area contributed by atoms with Crippen LogP contribution in [0.25, 0.3) is 0 Å². The van der Waals surface area contributed by atoms with Gasteiger partial charge < -0.3 is 14.6 Å². The van der Waals surface area contributed by atoms with Crippen molar-refractivity contribution in [3.05, 3.63) is 0 Å². The van der Waals surface area contributed by atoms with E-state index in [1.54, 1.807) is 0 Å². The number of aliphatic hydroxyl groups excluding tert-OH is 1. The molecule has 12 heavy (non-hydrogen) atoms. The molecule has 0 aromatic heterocycles. The molecule has 4 fully saturated rings. The van der Waals surface area contributed by atoms with Crippen molar-refractivity contribution in [3.63, 3.8) is 0 Å². The first kappa shape index (κ1) is 6.35. The van der Waals surface area contributed by atoms with Crippen LogP contribution in [0.1, 0.15) is 6.42 Å². The molecule has 2 saturated heterocycles. The molecule has 7 atom stereocenters. The van der Waals surface area contributed by atoms with Gasteiger partial charge in [-0.15, -0.1) is 0 Å². The summed E-state index contributed by atoms with van der Waals surface area (Å²) in [7, 11) is 0. The first-order valence-corrected chi connectivity index (χ1v) is 4.81. The van der Waals surface area contributed by atoms with Gasteiger partial charge in [-0.3, -0.25) is 0 Å². The van der Waals surface area contributed by atoms with Crippen LogP contribution in [0.2, 0.25) is 0 Å². The molecule has 2 heterocycles. The minimum absolute atomic E-state index is 0.0344. The molecule has 2 saturated carbocycles. The van der Waals surface area contributed by atoms with E-state index >= 15 is 0 Å². The average Bonchev–Trinajstić information content (AvgIpc) is 2.68. The van der Waals surface area contributed by atoms with E-state index in [-0.39, 0.29) is 18.5 Å². The van der Waals surface area contributed by atoms with Gasteiger partial charge in [0.2, 0.25) is 0 Å². The zero-order valence-electron chi connectivity index (χ0n) is 6.72. The number of fused-ring (bicyclic) bond motifs is 2. The number of hydrogen-bond donors (Lipinski definition) is 1. The van der Waals surface area contributed by atoms with E-state index in [9.17, 15) is 5.11 Å². The fourth-order valence-corrected chi connectivity index (χ4v) is 3.91. The Morgan fingerprint density at radius 2 is 2.08 bits per heavy atom. The smallest absolute Gasteiger partial charge is 0.161 e. The zero-order valence-corrected chi connectivity index (χ0v) is 6.72. The van der Waals surface area contributed by atoms with Gasteiger partial charge in [0.25, 0.3) is 0 Å². The third-order valence-electron chi connectivity index (χ3n) is 4.34. The Morgan fingerprint density at radius 3 is 3.00 bits per heavy atom. The highest BCUT2D eigenvalue weighted by atomic mass is 16.7. The number of hydrogen-bond acceptors (Lipinski definition) is 3. The second kappa shape index (κ2) is 1.72. The number of ether oxygens (including phenoxy) is 2. The number of rotatable bonds is 0. The average molecular weight is 168 g/mol. The van der Waals surface area contributed by atoms with Crippen molar-refractivity contribution in [2.24, 2.45) is 23.7 Å². The van der Waals surface area contributed by atoms with Crippen molar-refractivity contribution in [2.45, 2.75) is 24.9 Å². The fourth-order valence-electron chi connectivity index (χ4n) is 3.91. The van der Waals surface area contributed by atoms with E-state index in [1.165, 1.54) is 6.42 Å². The Kier molecular flexibility index (Phi) is 0.908. The first-order chi connectivity index (χ1) is 5.86. The summed E-state index contributed by atoms with van der Waals surface area (Å²) >= 11 is 0. The summed E-state index contributed by atoms with van der Waals surface area (Å²) in [4.78, 5) is 0. The molecule has 1 N–H and O–H groups in total. The molecular formula is C9H12O3. The van der Waals surface area contributed by atoms with Crippen LogP contribution in [0.3, 0.4) is 0 Å². The van der Waals surface area contributed by atoms with Gasteiger partial charge in [0.1, 0.15) is 0 Å². The highest BCUT2D eigenvalue weighted by molar-refractivity contribution is 5.12. The summed E-state index contributed by atoms with van der Waals surface area (Å²) in [5, 5.41) is 9.85. The molecular weight excluding hydrogens is 156 g/mol. The molecule has 66 valence electrons. The van der Waals surface area contributed by atoms with Gasteiger partial charge in [-0.25, -0.2) is 0 Å². The lowest BCUT2D eigenvalue weighted by molar-refractivity contribution is -0.149. The molecule has 0 aromatic carbocycles. The van der Waals surface area contributed by atoms with Gasteiger partial charge in [0.15, 0.2) is 6.29 Å². The summed E-state index contributed by atoms with van der Waals surface area (Å²) in [5.41, 5.74) is 0. The van der Waals surface area contributed by atoms with Crippen LogP contribution >= 0.6 is 0 Å². The minimum atomic E-state index is -0.190. The van der Waals surface area contributed by atoms with Gasteiger partial charge >= 0.3 is 0 Å². The maximum Gasteiger partial charge on any atom is 0.161 e.